The lowest BCUT2D eigenvalue weighted by atomic mass is 9.85. The van der Waals surface area contributed by atoms with Crippen LogP contribution in [0.15, 0.2) is 11.1 Å². The molecule has 2 nitrogen and oxygen atoms in total. The van der Waals surface area contributed by atoms with Crippen molar-refractivity contribution in [3.8, 4) is 0 Å². The predicted octanol–water partition coefficient (Wildman–Crippen LogP) is 2.30. The second-order valence-corrected chi connectivity index (χ2v) is 5.60. The summed E-state index contributed by atoms with van der Waals surface area (Å²) < 4.78 is 0. The Kier molecular flexibility index (Phi) is 3.17. The summed E-state index contributed by atoms with van der Waals surface area (Å²) in [6, 6.07) is 0. The highest BCUT2D eigenvalue weighted by Gasteiger charge is 2.30. The molecule has 15 heavy (non-hydrogen) atoms. The van der Waals surface area contributed by atoms with Crippen LogP contribution < -0.4 is 5.73 Å². The number of hydrogen-bond donors (Lipinski definition) is 1. The lowest BCUT2D eigenvalue weighted by Gasteiger charge is -2.42. The zero-order valence-corrected chi connectivity index (χ0v) is 10.2. The molecule has 2 heteroatoms. The van der Waals surface area contributed by atoms with Crippen molar-refractivity contribution in [1.29, 1.82) is 0 Å². The number of nitrogens with two attached hydrogens (primary N) is 1. The summed E-state index contributed by atoms with van der Waals surface area (Å²) in [5, 5.41) is 0. The van der Waals surface area contributed by atoms with Gasteiger partial charge in [0.15, 0.2) is 0 Å². The van der Waals surface area contributed by atoms with E-state index in [4.69, 9.17) is 5.73 Å². The van der Waals surface area contributed by atoms with Gasteiger partial charge in [-0.05, 0) is 46.0 Å². The van der Waals surface area contributed by atoms with Gasteiger partial charge in [0.2, 0.25) is 0 Å². The zero-order valence-electron chi connectivity index (χ0n) is 10.2. The molecule has 0 fully saturated rings. The lowest BCUT2D eigenvalue weighted by Crippen LogP contribution is -2.52. The van der Waals surface area contributed by atoms with Gasteiger partial charge in [-0.25, -0.2) is 0 Å². The van der Waals surface area contributed by atoms with E-state index in [0.29, 0.717) is 0 Å². The molecular weight excluding hydrogens is 184 g/mol. The molecule has 0 saturated carbocycles. The van der Waals surface area contributed by atoms with E-state index >= 15 is 0 Å². The summed E-state index contributed by atoms with van der Waals surface area (Å²) in [5.41, 5.74) is 9.52. The Labute approximate surface area is 93.5 Å². The first-order chi connectivity index (χ1) is 7.13. The predicted molar refractivity (Wildman–Crippen MR) is 64.8 cm³/mol. The van der Waals surface area contributed by atoms with E-state index < -0.39 is 0 Å². The Hall–Kier alpha value is -0.340. The molecule has 0 bridgehead atoms. The highest BCUT2D eigenvalue weighted by Crippen LogP contribution is 2.33. The molecule has 2 N–H and O–H groups in total. The molecule has 1 aliphatic carbocycles. The molecule has 0 amide bonds. The third-order valence-corrected chi connectivity index (χ3v) is 4.13. The van der Waals surface area contributed by atoms with Gasteiger partial charge in [-0.3, -0.25) is 4.90 Å². The Morgan fingerprint density at radius 1 is 1.13 bits per heavy atom. The minimum atomic E-state index is 0.177. The molecule has 0 aromatic rings. The van der Waals surface area contributed by atoms with Crippen LogP contribution in [0, 0.1) is 0 Å². The van der Waals surface area contributed by atoms with Gasteiger partial charge in [0.25, 0.3) is 0 Å². The molecular formula is C13H24N2. The summed E-state index contributed by atoms with van der Waals surface area (Å²) in [6.07, 6.45) is 6.81. The van der Waals surface area contributed by atoms with Crippen molar-refractivity contribution in [3.63, 3.8) is 0 Å². The molecule has 86 valence electrons. The van der Waals surface area contributed by atoms with E-state index in [-0.39, 0.29) is 5.54 Å². The van der Waals surface area contributed by atoms with Crippen molar-refractivity contribution >= 4 is 0 Å². The molecule has 0 radical (unpaired) electrons. The van der Waals surface area contributed by atoms with Gasteiger partial charge in [0, 0.05) is 25.2 Å². The topological polar surface area (TPSA) is 29.3 Å². The monoisotopic (exact) mass is 208 g/mol. The minimum absolute atomic E-state index is 0.177. The van der Waals surface area contributed by atoms with Gasteiger partial charge in [0.1, 0.15) is 0 Å². The summed E-state index contributed by atoms with van der Waals surface area (Å²) in [4.78, 5) is 2.57. The van der Waals surface area contributed by atoms with Crippen LogP contribution in [0.1, 0.15) is 46.0 Å². The maximum atomic E-state index is 5.85. The largest absolute Gasteiger partial charge is 0.329 e. The van der Waals surface area contributed by atoms with Crippen molar-refractivity contribution < 1.29 is 0 Å². The number of rotatable bonds is 2. The molecule has 0 aromatic heterocycles. The van der Waals surface area contributed by atoms with Crippen LogP contribution in [0.3, 0.4) is 0 Å². The van der Waals surface area contributed by atoms with Crippen LogP contribution in [0.25, 0.3) is 0 Å². The van der Waals surface area contributed by atoms with Gasteiger partial charge in [-0.1, -0.05) is 11.1 Å². The first-order valence-electron chi connectivity index (χ1n) is 6.28. The Bertz CT molecular complexity index is 266. The van der Waals surface area contributed by atoms with E-state index in [1.54, 1.807) is 11.1 Å². The quantitative estimate of drug-likeness (QED) is 0.706. The van der Waals surface area contributed by atoms with E-state index in [0.717, 1.165) is 6.54 Å². The fourth-order valence-electron chi connectivity index (χ4n) is 2.75. The Balaban J connectivity index is 2.07. The molecule has 0 atom stereocenters. The highest BCUT2D eigenvalue weighted by atomic mass is 15.2. The SMILES string of the molecule is CC(C)(CN)N1CCC2=C(CCCC2)C1. The van der Waals surface area contributed by atoms with E-state index in [1.807, 2.05) is 0 Å². The normalized spacial score (nSPS) is 24.2. The summed E-state index contributed by atoms with van der Waals surface area (Å²) in [7, 11) is 0. The van der Waals surface area contributed by atoms with Gasteiger partial charge in [0.05, 0.1) is 0 Å². The van der Waals surface area contributed by atoms with E-state index in [2.05, 4.69) is 18.7 Å². The van der Waals surface area contributed by atoms with Crippen molar-refractivity contribution in [2.45, 2.75) is 51.5 Å². The van der Waals surface area contributed by atoms with Crippen molar-refractivity contribution in [3.05, 3.63) is 11.1 Å². The van der Waals surface area contributed by atoms with Crippen molar-refractivity contribution in [2.75, 3.05) is 19.6 Å². The van der Waals surface area contributed by atoms with Crippen LogP contribution in [-0.4, -0.2) is 30.1 Å². The first kappa shape index (κ1) is 11.2. The molecule has 0 unspecified atom stereocenters. The summed E-state index contributed by atoms with van der Waals surface area (Å²) >= 11 is 0. The van der Waals surface area contributed by atoms with E-state index in [9.17, 15) is 0 Å². The molecule has 2 aliphatic rings. The molecule has 0 spiro atoms. The maximum absolute atomic E-state index is 5.85. The highest BCUT2D eigenvalue weighted by molar-refractivity contribution is 5.22. The van der Waals surface area contributed by atoms with Crippen LogP contribution in [0.4, 0.5) is 0 Å². The maximum Gasteiger partial charge on any atom is 0.0278 e. The fourth-order valence-corrected chi connectivity index (χ4v) is 2.75. The fraction of sp³-hybridized carbons (Fsp3) is 0.846. The lowest BCUT2D eigenvalue weighted by molar-refractivity contribution is 0.130. The molecule has 1 aliphatic heterocycles. The average molecular weight is 208 g/mol. The zero-order chi connectivity index (χ0) is 10.9. The van der Waals surface area contributed by atoms with Gasteiger partial charge < -0.3 is 5.73 Å². The van der Waals surface area contributed by atoms with Crippen LogP contribution in [0.5, 0.6) is 0 Å². The number of nitrogens with zero attached hydrogens (tertiary/aromatic N) is 1. The average Bonchev–Trinajstić information content (AvgIpc) is 2.28. The third-order valence-electron chi connectivity index (χ3n) is 4.13. The molecule has 0 saturated heterocycles. The molecule has 1 heterocycles. The minimum Gasteiger partial charge on any atom is -0.329 e. The molecule has 2 rings (SSSR count). The van der Waals surface area contributed by atoms with E-state index in [1.165, 1.54) is 45.2 Å². The first-order valence-corrected chi connectivity index (χ1v) is 6.28. The van der Waals surface area contributed by atoms with Crippen LogP contribution in [0.2, 0.25) is 0 Å². The van der Waals surface area contributed by atoms with Crippen LogP contribution >= 0.6 is 0 Å². The summed E-state index contributed by atoms with van der Waals surface area (Å²) in [6.45, 7) is 7.68. The van der Waals surface area contributed by atoms with Gasteiger partial charge in [-0.15, -0.1) is 0 Å². The third kappa shape index (κ3) is 2.26. The molecule has 0 aromatic carbocycles. The Morgan fingerprint density at radius 3 is 2.47 bits per heavy atom. The Morgan fingerprint density at radius 2 is 1.80 bits per heavy atom. The number of hydrogen-bond acceptors (Lipinski definition) is 2. The smallest absolute Gasteiger partial charge is 0.0278 e. The van der Waals surface area contributed by atoms with Gasteiger partial charge in [-0.2, -0.15) is 0 Å². The van der Waals surface area contributed by atoms with Crippen molar-refractivity contribution in [2.24, 2.45) is 5.73 Å². The second-order valence-electron chi connectivity index (χ2n) is 5.60. The van der Waals surface area contributed by atoms with Crippen LogP contribution in [-0.2, 0) is 0 Å². The standard InChI is InChI=1S/C13H24N2/c1-13(2,10-14)15-8-7-11-5-3-4-6-12(11)9-15/h3-10,14H2,1-2H3. The summed E-state index contributed by atoms with van der Waals surface area (Å²) in [5.74, 6) is 0. The van der Waals surface area contributed by atoms with Gasteiger partial charge >= 0.3 is 0 Å². The second kappa shape index (κ2) is 4.26. The van der Waals surface area contributed by atoms with Crippen molar-refractivity contribution in [1.82, 2.24) is 4.90 Å².